The number of benzene rings is 2. The third kappa shape index (κ3) is 5.19. The third-order valence-corrected chi connectivity index (χ3v) is 5.57. The quantitative estimate of drug-likeness (QED) is 0.625. The molecule has 3 aromatic rings. The van der Waals surface area contributed by atoms with Gasteiger partial charge >= 0.3 is 0 Å². The van der Waals surface area contributed by atoms with Crippen LogP contribution in [0.5, 0.6) is 0 Å². The minimum Gasteiger partial charge on any atom is -0.377 e. The highest BCUT2D eigenvalue weighted by atomic mass is 16.5. The molecule has 7 heteroatoms. The fraction of sp³-hybridized carbons (Fsp3) is 0.240. The summed E-state index contributed by atoms with van der Waals surface area (Å²) in [6.07, 6.45) is 3.42. The first-order valence-corrected chi connectivity index (χ1v) is 10.6. The van der Waals surface area contributed by atoms with Crippen molar-refractivity contribution in [1.82, 2.24) is 9.88 Å². The van der Waals surface area contributed by atoms with E-state index in [0.717, 1.165) is 11.1 Å². The number of nitrogens with zero attached hydrogens (tertiary/aromatic N) is 2. The van der Waals surface area contributed by atoms with E-state index in [2.05, 4.69) is 10.3 Å². The molecule has 2 atom stereocenters. The largest absolute Gasteiger partial charge is 0.377 e. The molecule has 0 spiro atoms. The number of anilines is 1. The first-order valence-electron chi connectivity index (χ1n) is 10.6. The molecule has 0 bridgehead atoms. The SMILES string of the molecule is NC(CC(=O)N1CCOCC1c1ccccc1)c1ccc(C(=O)Nc2ccncc2)cc1. The van der Waals surface area contributed by atoms with Crippen molar-refractivity contribution in [3.05, 3.63) is 95.8 Å². The van der Waals surface area contributed by atoms with Gasteiger partial charge in [-0.05, 0) is 35.4 Å². The molecule has 1 aliphatic rings. The zero-order valence-electron chi connectivity index (χ0n) is 17.7. The van der Waals surface area contributed by atoms with E-state index in [-0.39, 0.29) is 24.3 Å². The monoisotopic (exact) mass is 430 g/mol. The second-order valence-electron chi connectivity index (χ2n) is 7.71. The lowest BCUT2D eigenvalue weighted by atomic mass is 10.00. The number of carbonyl (C=O) groups is 2. The molecule has 0 radical (unpaired) electrons. The van der Waals surface area contributed by atoms with Crippen molar-refractivity contribution in [2.24, 2.45) is 5.73 Å². The molecule has 1 saturated heterocycles. The van der Waals surface area contributed by atoms with Gasteiger partial charge in [0.05, 0.1) is 19.3 Å². The van der Waals surface area contributed by atoms with Crippen molar-refractivity contribution >= 4 is 17.5 Å². The molecule has 7 nitrogen and oxygen atoms in total. The molecule has 164 valence electrons. The van der Waals surface area contributed by atoms with Crippen molar-refractivity contribution in [2.45, 2.75) is 18.5 Å². The Balaban J connectivity index is 1.39. The zero-order valence-corrected chi connectivity index (χ0v) is 17.7. The summed E-state index contributed by atoms with van der Waals surface area (Å²) in [5.74, 6) is -0.222. The molecular formula is C25H26N4O3. The number of ether oxygens (including phenoxy) is 1. The van der Waals surface area contributed by atoms with Gasteiger partial charge in [0.15, 0.2) is 0 Å². The summed E-state index contributed by atoms with van der Waals surface area (Å²) in [5.41, 5.74) is 9.40. The van der Waals surface area contributed by atoms with E-state index in [4.69, 9.17) is 10.5 Å². The van der Waals surface area contributed by atoms with Gasteiger partial charge in [0.1, 0.15) is 0 Å². The minimum absolute atomic E-state index is 0.00541. The van der Waals surface area contributed by atoms with Crippen LogP contribution >= 0.6 is 0 Å². The third-order valence-electron chi connectivity index (χ3n) is 5.57. The molecule has 0 aliphatic carbocycles. The number of amides is 2. The molecule has 4 rings (SSSR count). The van der Waals surface area contributed by atoms with E-state index < -0.39 is 6.04 Å². The summed E-state index contributed by atoms with van der Waals surface area (Å²) in [6, 6.07) is 19.8. The molecule has 2 amide bonds. The van der Waals surface area contributed by atoms with Crippen LogP contribution in [0.1, 0.15) is 40.0 Å². The smallest absolute Gasteiger partial charge is 0.255 e. The molecular weight excluding hydrogens is 404 g/mol. The summed E-state index contributed by atoms with van der Waals surface area (Å²) >= 11 is 0. The molecule has 1 fully saturated rings. The van der Waals surface area contributed by atoms with Crippen LogP contribution in [0.25, 0.3) is 0 Å². The van der Waals surface area contributed by atoms with Crippen molar-refractivity contribution in [3.63, 3.8) is 0 Å². The number of pyridine rings is 1. The van der Waals surface area contributed by atoms with Crippen molar-refractivity contribution in [2.75, 3.05) is 25.1 Å². The second kappa shape index (κ2) is 10.2. The number of nitrogens with one attached hydrogen (secondary N) is 1. The number of hydrogen-bond acceptors (Lipinski definition) is 5. The summed E-state index contributed by atoms with van der Waals surface area (Å²) in [4.78, 5) is 31.3. The van der Waals surface area contributed by atoms with Crippen LogP contribution in [0, 0.1) is 0 Å². The van der Waals surface area contributed by atoms with Gasteiger partial charge < -0.3 is 20.7 Å². The van der Waals surface area contributed by atoms with Crippen LogP contribution in [0.2, 0.25) is 0 Å². The van der Waals surface area contributed by atoms with Crippen LogP contribution in [0.3, 0.4) is 0 Å². The molecule has 2 heterocycles. The van der Waals surface area contributed by atoms with E-state index >= 15 is 0 Å². The number of carbonyl (C=O) groups excluding carboxylic acids is 2. The summed E-state index contributed by atoms with van der Waals surface area (Å²) in [5, 5.41) is 2.82. The van der Waals surface area contributed by atoms with E-state index in [0.29, 0.717) is 31.0 Å². The lowest BCUT2D eigenvalue weighted by molar-refractivity contribution is -0.140. The van der Waals surface area contributed by atoms with E-state index in [1.807, 2.05) is 35.2 Å². The summed E-state index contributed by atoms with van der Waals surface area (Å²) < 4.78 is 5.62. The summed E-state index contributed by atoms with van der Waals surface area (Å²) in [6.45, 7) is 1.54. The van der Waals surface area contributed by atoms with Gasteiger partial charge in [-0.25, -0.2) is 0 Å². The van der Waals surface area contributed by atoms with Crippen LogP contribution in [-0.2, 0) is 9.53 Å². The lowest BCUT2D eigenvalue weighted by Crippen LogP contribution is -2.44. The standard InChI is InChI=1S/C25H26N4O3/c26-22(16-24(30)29-14-15-32-17-23(29)19-4-2-1-3-5-19)18-6-8-20(9-7-18)25(31)28-21-10-12-27-13-11-21/h1-13,22-23H,14-17,26H2,(H,27,28,31). The molecule has 0 saturated carbocycles. The maximum atomic E-state index is 13.1. The fourth-order valence-electron chi connectivity index (χ4n) is 3.80. The Morgan fingerprint density at radius 3 is 2.50 bits per heavy atom. The highest BCUT2D eigenvalue weighted by Crippen LogP contribution is 2.26. The van der Waals surface area contributed by atoms with Crippen LogP contribution in [-0.4, -0.2) is 41.5 Å². The van der Waals surface area contributed by atoms with E-state index in [9.17, 15) is 9.59 Å². The number of nitrogens with two attached hydrogens (primary N) is 1. The van der Waals surface area contributed by atoms with Gasteiger partial charge in [-0.3, -0.25) is 14.6 Å². The second-order valence-corrected chi connectivity index (χ2v) is 7.71. The van der Waals surface area contributed by atoms with Gasteiger partial charge in [-0.2, -0.15) is 0 Å². The Hall–Kier alpha value is -3.55. The van der Waals surface area contributed by atoms with E-state index in [1.165, 1.54) is 0 Å². The Morgan fingerprint density at radius 1 is 1.06 bits per heavy atom. The Kier molecular flexibility index (Phi) is 6.89. The average Bonchev–Trinajstić information content (AvgIpc) is 2.85. The van der Waals surface area contributed by atoms with Gasteiger partial charge in [-0.15, -0.1) is 0 Å². The highest BCUT2D eigenvalue weighted by Gasteiger charge is 2.29. The molecule has 1 aromatic heterocycles. The van der Waals surface area contributed by atoms with Crippen LogP contribution < -0.4 is 11.1 Å². The van der Waals surface area contributed by atoms with Gasteiger partial charge in [-0.1, -0.05) is 42.5 Å². The van der Waals surface area contributed by atoms with Gasteiger partial charge in [0.2, 0.25) is 5.91 Å². The van der Waals surface area contributed by atoms with Crippen LogP contribution in [0.15, 0.2) is 79.1 Å². The topological polar surface area (TPSA) is 97.5 Å². The molecule has 2 aromatic carbocycles. The molecule has 3 N–H and O–H groups in total. The number of aromatic nitrogens is 1. The van der Waals surface area contributed by atoms with Crippen LogP contribution in [0.4, 0.5) is 5.69 Å². The van der Waals surface area contributed by atoms with Crippen molar-refractivity contribution in [1.29, 1.82) is 0 Å². The Labute approximate surface area is 187 Å². The fourth-order valence-corrected chi connectivity index (χ4v) is 3.80. The average molecular weight is 431 g/mol. The normalized spacial score (nSPS) is 16.9. The van der Waals surface area contributed by atoms with Gasteiger partial charge in [0.25, 0.3) is 5.91 Å². The number of hydrogen-bond donors (Lipinski definition) is 2. The van der Waals surface area contributed by atoms with Crippen molar-refractivity contribution < 1.29 is 14.3 Å². The summed E-state index contributed by atoms with van der Waals surface area (Å²) in [7, 11) is 0. The first kappa shape index (κ1) is 21.7. The lowest BCUT2D eigenvalue weighted by Gasteiger charge is -2.36. The zero-order chi connectivity index (χ0) is 22.3. The molecule has 2 unspecified atom stereocenters. The highest BCUT2D eigenvalue weighted by molar-refractivity contribution is 6.04. The maximum Gasteiger partial charge on any atom is 0.255 e. The van der Waals surface area contributed by atoms with E-state index in [1.54, 1.807) is 48.8 Å². The maximum absolute atomic E-state index is 13.1. The first-order chi connectivity index (χ1) is 15.6. The predicted molar refractivity (Wildman–Crippen MR) is 122 cm³/mol. The predicted octanol–water partition coefficient (Wildman–Crippen LogP) is 3.32. The Bertz CT molecular complexity index is 1040. The molecule has 1 aliphatic heterocycles. The van der Waals surface area contributed by atoms with Gasteiger partial charge in [0, 0.05) is 42.7 Å². The number of morpholine rings is 1. The minimum atomic E-state index is -0.459. The molecule has 32 heavy (non-hydrogen) atoms. The number of rotatable bonds is 6. The van der Waals surface area contributed by atoms with Crippen molar-refractivity contribution in [3.8, 4) is 0 Å². The Morgan fingerprint density at radius 2 is 1.78 bits per heavy atom.